The highest BCUT2D eigenvalue weighted by Gasteiger charge is 2.39. The van der Waals surface area contributed by atoms with E-state index in [-0.39, 0.29) is 36.9 Å². The summed E-state index contributed by atoms with van der Waals surface area (Å²) in [4.78, 5) is 29.9. The van der Waals surface area contributed by atoms with Crippen molar-refractivity contribution in [3.63, 3.8) is 0 Å². The van der Waals surface area contributed by atoms with E-state index < -0.39 is 21.8 Å². The molecule has 1 saturated heterocycles. The molecule has 2 atom stereocenters. The standard InChI is InChI=1S/C28H46N2O8S/c1-9-21-11-12-22(15-25(21)36-14-10-13-35-7)26(31)30(20(2)3)18-23-16-29(27(32)38-28(4,5)6)17-24(23)19-37-39(8,33)34/h11-12,15,20,23-24H,9-10,13-14,16-19H2,1-8H3. The minimum absolute atomic E-state index is 0.0758. The highest BCUT2D eigenvalue weighted by atomic mass is 32.2. The van der Waals surface area contributed by atoms with Gasteiger partial charge in [-0.15, -0.1) is 0 Å². The summed E-state index contributed by atoms with van der Waals surface area (Å²) in [7, 11) is -2.02. The van der Waals surface area contributed by atoms with Crippen molar-refractivity contribution in [2.75, 3.05) is 52.8 Å². The fraction of sp³-hybridized carbons (Fsp3) is 0.714. The molecule has 1 fully saturated rings. The highest BCUT2D eigenvalue weighted by Crippen LogP contribution is 2.29. The van der Waals surface area contributed by atoms with Crippen LogP contribution in [0.1, 0.15) is 63.9 Å². The van der Waals surface area contributed by atoms with Gasteiger partial charge in [0, 0.05) is 63.2 Å². The van der Waals surface area contributed by atoms with E-state index in [1.165, 1.54) is 0 Å². The maximum atomic E-state index is 13.7. The van der Waals surface area contributed by atoms with E-state index in [1.807, 2.05) is 32.9 Å². The van der Waals surface area contributed by atoms with Gasteiger partial charge in [-0.1, -0.05) is 13.0 Å². The second-order valence-corrected chi connectivity index (χ2v) is 13.0. The average Bonchev–Trinajstić information content (AvgIpc) is 3.25. The van der Waals surface area contributed by atoms with Crippen molar-refractivity contribution < 1.29 is 36.4 Å². The number of rotatable bonds is 13. The number of ether oxygens (including phenoxy) is 3. The molecular weight excluding hydrogens is 524 g/mol. The number of amides is 2. The molecule has 39 heavy (non-hydrogen) atoms. The fourth-order valence-corrected chi connectivity index (χ4v) is 4.89. The first kappa shape index (κ1) is 32.8. The maximum absolute atomic E-state index is 13.7. The predicted molar refractivity (Wildman–Crippen MR) is 150 cm³/mol. The maximum Gasteiger partial charge on any atom is 0.410 e. The topological polar surface area (TPSA) is 112 Å². The molecular formula is C28H46N2O8S. The Kier molecular flexibility index (Phi) is 12.1. The van der Waals surface area contributed by atoms with E-state index in [0.717, 1.165) is 24.7 Å². The second kappa shape index (κ2) is 14.3. The van der Waals surface area contributed by atoms with Crippen molar-refractivity contribution >= 4 is 22.1 Å². The zero-order valence-corrected chi connectivity index (χ0v) is 25.5. The number of hydrogen-bond donors (Lipinski definition) is 0. The Bertz CT molecular complexity index is 1070. The first-order valence-corrected chi connectivity index (χ1v) is 15.3. The zero-order valence-electron chi connectivity index (χ0n) is 24.7. The average molecular weight is 571 g/mol. The van der Waals surface area contributed by atoms with Gasteiger partial charge in [0.1, 0.15) is 11.4 Å². The molecule has 0 bridgehead atoms. The van der Waals surface area contributed by atoms with Gasteiger partial charge in [-0.3, -0.25) is 8.98 Å². The summed E-state index contributed by atoms with van der Waals surface area (Å²) in [5.74, 6) is 0.0289. The summed E-state index contributed by atoms with van der Waals surface area (Å²) in [5, 5.41) is 0. The molecule has 1 aromatic rings. The lowest BCUT2D eigenvalue weighted by atomic mass is 9.95. The number of methoxy groups -OCH3 is 1. The second-order valence-electron chi connectivity index (χ2n) is 11.3. The van der Waals surface area contributed by atoms with Gasteiger partial charge in [0.15, 0.2) is 0 Å². The summed E-state index contributed by atoms with van der Waals surface area (Å²) >= 11 is 0. The molecule has 11 heteroatoms. The van der Waals surface area contributed by atoms with E-state index in [0.29, 0.717) is 37.6 Å². The lowest BCUT2D eigenvalue weighted by Gasteiger charge is -2.31. The Morgan fingerprint density at radius 3 is 2.36 bits per heavy atom. The normalized spacial score (nSPS) is 17.9. The lowest BCUT2D eigenvalue weighted by molar-refractivity contribution is 0.0280. The van der Waals surface area contributed by atoms with E-state index in [2.05, 4.69) is 0 Å². The molecule has 0 spiro atoms. The number of hydrogen-bond acceptors (Lipinski definition) is 8. The number of carbonyl (C=O) groups is 2. The number of likely N-dealkylation sites (tertiary alicyclic amines) is 1. The molecule has 1 aliphatic heterocycles. The SMILES string of the molecule is CCc1ccc(C(=O)N(CC2CN(C(=O)OC(C)(C)C)CC2COS(C)(=O)=O)C(C)C)cc1OCCCOC. The molecule has 0 aromatic heterocycles. The third-order valence-corrected chi connectivity index (χ3v) is 7.05. The molecule has 0 radical (unpaired) electrons. The van der Waals surface area contributed by atoms with Crippen LogP contribution in [0.5, 0.6) is 5.75 Å². The van der Waals surface area contributed by atoms with Crippen LogP contribution in [0.15, 0.2) is 18.2 Å². The zero-order chi connectivity index (χ0) is 29.4. The van der Waals surface area contributed by atoms with Gasteiger partial charge in [0.2, 0.25) is 0 Å². The van der Waals surface area contributed by atoms with E-state index >= 15 is 0 Å². The van der Waals surface area contributed by atoms with Crippen LogP contribution >= 0.6 is 0 Å². The van der Waals surface area contributed by atoms with E-state index in [4.69, 9.17) is 18.4 Å². The molecule has 2 rings (SSSR count). The first-order chi connectivity index (χ1) is 18.1. The minimum atomic E-state index is -3.67. The summed E-state index contributed by atoms with van der Waals surface area (Å²) in [6, 6.07) is 5.38. The van der Waals surface area contributed by atoms with Gasteiger partial charge in [0.05, 0.1) is 19.5 Å². The van der Waals surface area contributed by atoms with Crippen molar-refractivity contribution in [1.29, 1.82) is 0 Å². The Morgan fingerprint density at radius 2 is 1.79 bits per heavy atom. The molecule has 1 aliphatic rings. The Hall–Kier alpha value is -2.37. The van der Waals surface area contributed by atoms with Crippen molar-refractivity contribution in [3.8, 4) is 5.75 Å². The van der Waals surface area contributed by atoms with Crippen LogP contribution in [0.2, 0.25) is 0 Å². The molecule has 0 aliphatic carbocycles. The predicted octanol–water partition coefficient (Wildman–Crippen LogP) is 3.97. The molecule has 10 nitrogen and oxygen atoms in total. The van der Waals surface area contributed by atoms with Gasteiger partial charge < -0.3 is 24.0 Å². The van der Waals surface area contributed by atoms with Gasteiger partial charge in [-0.2, -0.15) is 8.42 Å². The molecule has 1 heterocycles. The van der Waals surface area contributed by atoms with Crippen LogP contribution in [0.3, 0.4) is 0 Å². The van der Waals surface area contributed by atoms with Crippen LogP contribution < -0.4 is 4.74 Å². The summed E-state index contributed by atoms with van der Waals surface area (Å²) in [6.07, 6.45) is 2.04. The number of aryl methyl sites for hydroxylation is 1. The van der Waals surface area contributed by atoms with Gasteiger partial charge in [-0.25, -0.2) is 4.79 Å². The third kappa shape index (κ3) is 10.6. The van der Waals surface area contributed by atoms with E-state index in [9.17, 15) is 18.0 Å². The third-order valence-electron chi connectivity index (χ3n) is 6.49. The van der Waals surface area contributed by atoms with Crippen LogP contribution in [-0.2, 0) is 30.2 Å². The van der Waals surface area contributed by atoms with Crippen molar-refractivity contribution in [3.05, 3.63) is 29.3 Å². The van der Waals surface area contributed by atoms with Crippen LogP contribution in [0.4, 0.5) is 4.79 Å². The Labute approximate surface area is 234 Å². The molecule has 2 amide bonds. The van der Waals surface area contributed by atoms with Gasteiger partial charge >= 0.3 is 6.09 Å². The van der Waals surface area contributed by atoms with Crippen LogP contribution in [-0.4, -0.2) is 94.7 Å². The van der Waals surface area contributed by atoms with Gasteiger partial charge in [-0.05, 0) is 58.7 Å². The largest absolute Gasteiger partial charge is 0.493 e. The first-order valence-electron chi connectivity index (χ1n) is 13.5. The number of nitrogens with zero attached hydrogens (tertiary/aromatic N) is 2. The summed E-state index contributed by atoms with van der Waals surface area (Å²) < 4.78 is 45.1. The molecule has 222 valence electrons. The van der Waals surface area contributed by atoms with E-state index in [1.54, 1.807) is 43.7 Å². The van der Waals surface area contributed by atoms with Crippen LogP contribution in [0, 0.1) is 11.8 Å². The fourth-order valence-electron chi connectivity index (χ4n) is 4.47. The summed E-state index contributed by atoms with van der Waals surface area (Å²) in [5.41, 5.74) is 0.859. The van der Waals surface area contributed by atoms with Crippen LogP contribution in [0.25, 0.3) is 0 Å². The monoisotopic (exact) mass is 570 g/mol. The Balaban J connectivity index is 2.26. The Morgan fingerprint density at radius 1 is 1.13 bits per heavy atom. The molecule has 2 unspecified atom stereocenters. The molecule has 0 saturated carbocycles. The van der Waals surface area contributed by atoms with Crippen molar-refractivity contribution in [2.24, 2.45) is 11.8 Å². The smallest absolute Gasteiger partial charge is 0.410 e. The van der Waals surface area contributed by atoms with Gasteiger partial charge in [0.25, 0.3) is 16.0 Å². The quantitative estimate of drug-likeness (QED) is 0.259. The van der Waals surface area contributed by atoms with Crippen molar-refractivity contribution in [2.45, 2.75) is 66.0 Å². The number of benzene rings is 1. The summed E-state index contributed by atoms with van der Waals surface area (Å²) in [6.45, 7) is 13.2. The molecule has 0 N–H and O–H groups in total. The number of carbonyl (C=O) groups excluding carboxylic acids is 2. The highest BCUT2D eigenvalue weighted by molar-refractivity contribution is 7.85. The van der Waals surface area contributed by atoms with Crippen molar-refractivity contribution in [1.82, 2.24) is 9.80 Å². The molecule has 1 aromatic carbocycles. The minimum Gasteiger partial charge on any atom is -0.493 e. The lowest BCUT2D eigenvalue weighted by Crippen LogP contribution is -2.43.